The quantitative estimate of drug-likeness (QED) is 0.674. The molecule has 1 aromatic carbocycles. The number of nitro benzene ring substituents is 1. The minimum absolute atomic E-state index is 0.00599. The molecule has 0 spiro atoms. The van der Waals surface area contributed by atoms with Gasteiger partial charge in [0.2, 0.25) is 0 Å². The van der Waals surface area contributed by atoms with Gasteiger partial charge in [-0.2, -0.15) is 0 Å². The third-order valence-corrected chi connectivity index (χ3v) is 3.98. The van der Waals surface area contributed by atoms with E-state index in [0.717, 1.165) is 25.2 Å². The predicted molar refractivity (Wildman–Crippen MR) is 75.8 cm³/mol. The first kappa shape index (κ1) is 14.7. The highest BCUT2D eigenvalue weighted by Gasteiger charge is 2.27. The summed E-state index contributed by atoms with van der Waals surface area (Å²) in [5.41, 5.74) is 1.45. The normalized spacial score (nSPS) is 22.9. The topological polar surface area (TPSA) is 75.8 Å². The van der Waals surface area contributed by atoms with Crippen molar-refractivity contribution in [2.45, 2.75) is 26.1 Å². The Morgan fingerprint density at radius 1 is 1.55 bits per heavy atom. The van der Waals surface area contributed by atoms with Gasteiger partial charge < -0.3 is 14.7 Å². The summed E-state index contributed by atoms with van der Waals surface area (Å²) in [6.07, 6.45) is 1.14. The zero-order valence-electron chi connectivity index (χ0n) is 11.8. The molecule has 1 saturated heterocycles. The van der Waals surface area contributed by atoms with E-state index in [9.17, 15) is 15.2 Å². The number of benzene rings is 1. The standard InChI is InChI=1S/C14H20N2O4/c1-10-5-6-15(8-14(10)20-2)13-4-3-12(16(18)19)7-11(13)9-17/h3-4,7,10,14,17H,5-6,8-9H2,1-2H3. The van der Waals surface area contributed by atoms with Crippen molar-refractivity contribution in [2.24, 2.45) is 5.92 Å². The fourth-order valence-corrected chi connectivity index (χ4v) is 2.68. The van der Waals surface area contributed by atoms with Gasteiger partial charge in [0.15, 0.2) is 0 Å². The number of hydrogen-bond donors (Lipinski definition) is 1. The van der Waals surface area contributed by atoms with E-state index in [1.54, 1.807) is 13.2 Å². The van der Waals surface area contributed by atoms with Crippen molar-refractivity contribution in [1.29, 1.82) is 0 Å². The zero-order valence-corrected chi connectivity index (χ0v) is 11.8. The van der Waals surface area contributed by atoms with Crippen LogP contribution >= 0.6 is 0 Å². The Bertz CT molecular complexity index is 492. The number of aliphatic hydroxyl groups excluding tert-OH is 1. The Hall–Kier alpha value is -1.66. The molecule has 0 saturated carbocycles. The molecule has 1 aromatic rings. The number of nitrogens with zero attached hydrogens (tertiary/aromatic N) is 2. The van der Waals surface area contributed by atoms with Crippen LogP contribution in [0.1, 0.15) is 18.9 Å². The lowest BCUT2D eigenvalue weighted by atomic mass is 9.95. The van der Waals surface area contributed by atoms with E-state index in [-0.39, 0.29) is 18.4 Å². The lowest BCUT2D eigenvalue weighted by Crippen LogP contribution is -2.44. The van der Waals surface area contributed by atoms with Gasteiger partial charge in [0, 0.05) is 43.6 Å². The fraction of sp³-hybridized carbons (Fsp3) is 0.571. The highest BCUT2D eigenvalue weighted by molar-refractivity contribution is 5.58. The van der Waals surface area contributed by atoms with Crippen LogP contribution in [0, 0.1) is 16.0 Å². The monoisotopic (exact) mass is 280 g/mol. The second-order valence-electron chi connectivity index (χ2n) is 5.21. The number of rotatable bonds is 4. The number of piperidine rings is 1. The Labute approximate surface area is 118 Å². The molecule has 6 heteroatoms. The summed E-state index contributed by atoms with van der Waals surface area (Å²) in [5, 5.41) is 20.2. The van der Waals surface area contributed by atoms with Crippen molar-refractivity contribution in [1.82, 2.24) is 0 Å². The van der Waals surface area contributed by atoms with Gasteiger partial charge in [-0.05, 0) is 18.4 Å². The molecule has 1 N–H and O–H groups in total. The van der Waals surface area contributed by atoms with Crippen molar-refractivity contribution < 1.29 is 14.8 Å². The summed E-state index contributed by atoms with van der Waals surface area (Å²) in [7, 11) is 1.70. The number of methoxy groups -OCH3 is 1. The highest BCUT2D eigenvalue weighted by atomic mass is 16.6. The van der Waals surface area contributed by atoms with Crippen molar-refractivity contribution in [3.05, 3.63) is 33.9 Å². The number of ether oxygens (including phenoxy) is 1. The smallest absolute Gasteiger partial charge is 0.269 e. The Morgan fingerprint density at radius 2 is 2.30 bits per heavy atom. The van der Waals surface area contributed by atoms with Crippen LogP contribution in [-0.2, 0) is 11.3 Å². The van der Waals surface area contributed by atoms with Crippen molar-refractivity contribution >= 4 is 11.4 Å². The lowest BCUT2D eigenvalue weighted by molar-refractivity contribution is -0.384. The summed E-state index contributed by atoms with van der Waals surface area (Å²) in [6, 6.07) is 4.63. The Kier molecular flexibility index (Phi) is 4.57. The summed E-state index contributed by atoms with van der Waals surface area (Å²) >= 11 is 0. The first-order valence-electron chi connectivity index (χ1n) is 6.72. The van der Waals surface area contributed by atoms with Gasteiger partial charge in [0.1, 0.15) is 0 Å². The molecule has 2 rings (SSSR count). The van der Waals surface area contributed by atoms with E-state index in [1.807, 2.05) is 0 Å². The minimum Gasteiger partial charge on any atom is -0.392 e. The average Bonchev–Trinajstić information content (AvgIpc) is 2.47. The molecule has 20 heavy (non-hydrogen) atoms. The second-order valence-corrected chi connectivity index (χ2v) is 5.21. The van der Waals surface area contributed by atoms with Crippen LogP contribution in [0.4, 0.5) is 11.4 Å². The molecule has 6 nitrogen and oxygen atoms in total. The molecule has 0 aliphatic carbocycles. The van der Waals surface area contributed by atoms with Gasteiger partial charge in [-0.25, -0.2) is 0 Å². The largest absolute Gasteiger partial charge is 0.392 e. The van der Waals surface area contributed by atoms with Crippen LogP contribution in [0.3, 0.4) is 0 Å². The van der Waals surface area contributed by atoms with Crippen molar-refractivity contribution in [2.75, 3.05) is 25.1 Å². The van der Waals surface area contributed by atoms with Crippen LogP contribution in [0.2, 0.25) is 0 Å². The van der Waals surface area contributed by atoms with E-state index in [4.69, 9.17) is 4.74 Å². The van der Waals surface area contributed by atoms with Gasteiger partial charge in [-0.1, -0.05) is 6.92 Å². The number of anilines is 1. The Balaban J connectivity index is 2.26. The summed E-state index contributed by atoms with van der Waals surface area (Å²) in [5.74, 6) is 0.492. The van der Waals surface area contributed by atoms with Crippen LogP contribution in [-0.4, -0.2) is 36.3 Å². The van der Waals surface area contributed by atoms with Gasteiger partial charge >= 0.3 is 0 Å². The predicted octanol–water partition coefficient (Wildman–Crippen LogP) is 1.95. The van der Waals surface area contributed by atoms with Crippen molar-refractivity contribution in [3.8, 4) is 0 Å². The maximum Gasteiger partial charge on any atom is 0.269 e. The summed E-state index contributed by atoms with van der Waals surface area (Å²) in [4.78, 5) is 12.5. The van der Waals surface area contributed by atoms with E-state index in [2.05, 4.69) is 11.8 Å². The van der Waals surface area contributed by atoms with Crippen LogP contribution in [0.15, 0.2) is 18.2 Å². The molecule has 2 unspecified atom stereocenters. The van der Waals surface area contributed by atoms with E-state index >= 15 is 0 Å². The Morgan fingerprint density at radius 3 is 2.90 bits per heavy atom. The molecule has 2 atom stereocenters. The number of aliphatic hydroxyl groups is 1. The highest BCUT2D eigenvalue weighted by Crippen LogP contribution is 2.30. The van der Waals surface area contributed by atoms with Crippen molar-refractivity contribution in [3.63, 3.8) is 0 Å². The number of non-ortho nitro benzene ring substituents is 1. The van der Waals surface area contributed by atoms with Crippen LogP contribution < -0.4 is 4.90 Å². The molecule has 1 aliphatic rings. The van der Waals surface area contributed by atoms with Crippen LogP contribution in [0.25, 0.3) is 0 Å². The third-order valence-electron chi connectivity index (χ3n) is 3.98. The molecule has 0 amide bonds. The maximum atomic E-state index is 10.8. The van der Waals surface area contributed by atoms with E-state index in [0.29, 0.717) is 11.5 Å². The second kappa shape index (κ2) is 6.19. The fourth-order valence-electron chi connectivity index (χ4n) is 2.68. The molecule has 0 bridgehead atoms. The average molecular weight is 280 g/mol. The molecule has 0 radical (unpaired) electrons. The molecule has 1 fully saturated rings. The molecular weight excluding hydrogens is 260 g/mol. The van der Waals surface area contributed by atoms with Gasteiger partial charge in [-0.3, -0.25) is 10.1 Å². The molecule has 1 heterocycles. The number of nitro groups is 1. The molecule has 1 aliphatic heterocycles. The summed E-state index contributed by atoms with van der Waals surface area (Å²) < 4.78 is 5.48. The molecule has 110 valence electrons. The van der Waals surface area contributed by atoms with Crippen LogP contribution in [0.5, 0.6) is 0 Å². The maximum absolute atomic E-state index is 10.8. The zero-order chi connectivity index (χ0) is 14.7. The van der Waals surface area contributed by atoms with Gasteiger partial charge in [0.25, 0.3) is 5.69 Å². The number of hydrogen-bond acceptors (Lipinski definition) is 5. The van der Waals surface area contributed by atoms with E-state index in [1.165, 1.54) is 12.1 Å². The third kappa shape index (κ3) is 2.91. The minimum atomic E-state index is -0.445. The lowest BCUT2D eigenvalue weighted by Gasteiger charge is -2.38. The SMILES string of the molecule is COC1CN(c2ccc([N+](=O)[O-])cc2CO)CCC1C. The first-order chi connectivity index (χ1) is 9.56. The summed E-state index contributed by atoms with van der Waals surface area (Å²) in [6.45, 7) is 3.56. The van der Waals surface area contributed by atoms with Gasteiger partial charge in [-0.15, -0.1) is 0 Å². The molecule has 0 aromatic heterocycles. The van der Waals surface area contributed by atoms with E-state index < -0.39 is 4.92 Å². The first-order valence-corrected chi connectivity index (χ1v) is 6.72. The van der Waals surface area contributed by atoms with Gasteiger partial charge in [0.05, 0.1) is 17.6 Å². The molecular formula is C14H20N2O4.